The highest BCUT2D eigenvalue weighted by Gasteiger charge is 2.37. The molecule has 0 aromatic heterocycles. The van der Waals surface area contributed by atoms with E-state index in [1.165, 1.54) is 6.07 Å². The van der Waals surface area contributed by atoms with Crippen molar-refractivity contribution >= 4 is 25.0 Å². The van der Waals surface area contributed by atoms with Gasteiger partial charge in [0.05, 0.1) is 13.1 Å². The molecule has 0 spiro atoms. The maximum Gasteiger partial charge on any atom is 0.295 e. The van der Waals surface area contributed by atoms with Crippen LogP contribution in [-0.4, -0.2) is 36.8 Å². The number of halogens is 1. The second-order valence-electron chi connectivity index (χ2n) is 9.26. The number of benzene rings is 2. The summed E-state index contributed by atoms with van der Waals surface area (Å²) in [6, 6.07) is 11.5. The molecule has 3 aliphatic rings. The minimum Gasteiger partial charge on any atom is -0.627 e. The molecule has 1 amide bonds. The predicted octanol–water partition coefficient (Wildman–Crippen LogP) is 5.73. The van der Waals surface area contributed by atoms with Gasteiger partial charge in [0, 0.05) is 36.3 Å². The van der Waals surface area contributed by atoms with E-state index in [0.29, 0.717) is 29.8 Å². The molecular weight excluding hydrogens is 440 g/mol. The van der Waals surface area contributed by atoms with E-state index in [1.807, 2.05) is 12.1 Å². The van der Waals surface area contributed by atoms with Crippen molar-refractivity contribution in [3.63, 3.8) is 0 Å². The number of amides is 1. The molecule has 1 atom stereocenters. The number of carbonyl (C=O) groups excluding carboxylic acids is 2. The average molecular weight is 467 g/mol. The molecule has 172 valence electrons. The molecule has 33 heavy (non-hydrogen) atoms. The van der Waals surface area contributed by atoms with Gasteiger partial charge in [0.1, 0.15) is 6.04 Å². The van der Waals surface area contributed by atoms with Gasteiger partial charge in [-0.1, -0.05) is 37.1 Å². The molecule has 0 radical (unpaired) electrons. The number of azo groups is 1. The lowest BCUT2D eigenvalue weighted by Crippen LogP contribution is -2.51. The van der Waals surface area contributed by atoms with Crippen LogP contribution in [0, 0.1) is 16.9 Å². The number of hydroxylamine groups is 2. The molecule has 2 aromatic carbocycles. The lowest BCUT2D eigenvalue weighted by molar-refractivity contribution is -0.114. The van der Waals surface area contributed by atoms with Gasteiger partial charge in [0.15, 0.2) is 17.0 Å². The van der Waals surface area contributed by atoms with Gasteiger partial charge in [0.2, 0.25) is 0 Å². The first-order valence-corrected chi connectivity index (χ1v) is 13.4. The Hall–Kier alpha value is -2.34. The van der Waals surface area contributed by atoms with Crippen LogP contribution in [0.5, 0.6) is 0 Å². The van der Waals surface area contributed by atoms with Gasteiger partial charge in [-0.2, -0.15) is 5.11 Å². The molecule has 1 saturated heterocycles. The Balaban J connectivity index is 1.32. The Morgan fingerprint density at radius 2 is 1.85 bits per heavy atom. The number of hydrogen-bond donors (Lipinski definition) is 0. The monoisotopic (exact) mass is 467 g/mol. The third kappa shape index (κ3) is 4.42. The van der Waals surface area contributed by atoms with Crippen LogP contribution >= 0.6 is 7.92 Å². The standard InChI is InChI=1S/C25H27FN3O3P/c26-21-10-9-17(15-22-19-7-3-4-8-20(19)24(30)28-27-22)16-23(21)29(32)11-13-33(14-12-29)25(31)18-5-1-2-6-18/h3-4,7-10,16,18,22H,1-2,5-6,11-15H2. The van der Waals surface area contributed by atoms with Gasteiger partial charge in [0.25, 0.3) is 5.91 Å². The summed E-state index contributed by atoms with van der Waals surface area (Å²) < 4.78 is 14.1. The van der Waals surface area contributed by atoms with Gasteiger partial charge in [-0.05, 0) is 44.0 Å². The Morgan fingerprint density at radius 3 is 2.61 bits per heavy atom. The minimum atomic E-state index is -0.794. The first-order chi connectivity index (χ1) is 15.9. The molecule has 0 N–H and O–H groups in total. The molecular formula is C25H27FN3O3P. The Morgan fingerprint density at radius 1 is 1.12 bits per heavy atom. The molecule has 2 aliphatic heterocycles. The van der Waals surface area contributed by atoms with Crippen LogP contribution in [0.4, 0.5) is 10.1 Å². The van der Waals surface area contributed by atoms with Crippen molar-refractivity contribution in [3.05, 3.63) is 70.2 Å². The van der Waals surface area contributed by atoms with Crippen molar-refractivity contribution in [2.75, 3.05) is 25.4 Å². The second kappa shape index (κ2) is 9.13. The van der Waals surface area contributed by atoms with Crippen molar-refractivity contribution in [2.24, 2.45) is 16.1 Å². The van der Waals surface area contributed by atoms with Gasteiger partial charge in [-0.15, -0.1) is 5.11 Å². The summed E-state index contributed by atoms with van der Waals surface area (Å²) in [5, 5.41) is 21.6. The Bertz CT molecular complexity index is 1110. The lowest BCUT2D eigenvalue weighted by atomic mass is 9.94. The first kappa shape index (κ1) is 22.5. The topological polar surface area (TPSA) is 81.9 Å². The van der Waals surface area contributed by atoms with Crippen LogP contribution < -0.4 is 4.65 Å². The van der Waals surface area contributed by atoms with Gasteiger partial charge in [-0.25, -0.2) is 4.39 Å². The molecule has 2 fully saturated rings. The van der Waals surface area contributed by atoms with Crippen molar-refractivity contribution in [1.29, 1.82) is 0 Å². The first-order valence-electron chi connectivity index (χ1n) is 11.6. The fraction of sp³-hybridized carbons (Fsp3) is 0.440. The van der Waals surface area contributed by atoms with Crippen LogP contribution in [0.1, 0.15) is 53.2 Å². The quantitative estimate of drug-likeness (QED) is 0.320. The summed E-state index contributed by atoms with van der Waals surface area (Å²) in [4.78, 5) is 24.8. The number of fused-ring (bicyclic) bond motifs is 1. The number of hydrogen-bond acceptors (Lipinski definition) is 4. The lowest BCUT2D eigenvalue weighted by Gasteiger charge is -2.46. The van der Waals surface area contributed by atoms with Gasteiger partial charge in [-0.3, -0.25) is 9.59 Å². The summed E-state index contributed by atoms with van der Waals surface area (Å²) in [5.41, 5.74) is 2.61. The van der Waals surface area contributed by atoms with Gasteiger partial charge < -0.3 is 9.85 Å². The summed E-state index contributed by atoms with van der Waals surface area (Å²) in [7, 11) is -0.794. The number of carbonyl (C=O) groups is 2. The highest BCUT2D eigenvalue weighted by atomic mass is 31.1. The van der Waals surface area contributed by atoms with Crippen LogP contribution in [0.3, 0.4) is 0 Å². The highest BCUT2D eigenvalue weighted by Crippen LogP contribution is 2.47. The molecule has 0 bridgehead atoms. The fourth-order valence-electron chi connectivity index (χ4n) is 5.27. The third-order valence-electron chi connectivity index (χ3n) is 7.20. The SMILES string of the molecule is O=C1N=NC(Cc2ccc(F)c([N+]3([O-])CCP(C(=O)C4CCCC4)CC3)c2)c2ccccc21. The van der Waals surface area contributed by atoms with E-state index in [4.69, 9.17) is 0 Å². The second-order valence-corrected chi connectivity index (χ2v) is 11.7. The zero-order valence-corrected chi connectivity index (χ0v) is 19.3. The van der Waals surface area contributed by atoms with Crippen molar-refractivity contribution in [3.8, 4) is 0 Å². The maximum absolute atomic E-state index is 14.8. The maximum atomic E-state index is 14.8. The Kier molecular flexibility index (Phi) is 6.21. The smallest absolute Gasteiger partial charge is 0.295 e. The largest absolute Gasteiger partial charge is 0.627 e. The van der Waals surface area contributed by atoms with E-state index in [1.54, 1.807) is 24.3 Å². The van der Waals surface area contributed by atoms with Crippen LogP contribution in [-0.2, 0) is 11.2 Å². The van der Waals surface area contributed by atoms with E-state index >= 15 is 0 Å². The molecule has 1 aliphatic carbocycles. The van der Waals surface area contributed by atoms with Crippen LogP contribution in [0.15, 0.2) is 52.7 Å². The number of quaternary nitrogens is 1. The van der Waals surface area contributed by atoms with Crippen molar-refractivity contribution in [1.82, 2.24) is 4.65 Å². The highest BCUT2D eigenvalue weighted by molar-refractivity contribution is 7.75. The number of rotatable bonds is 5. The summed E-state index contributed by atoms with van der Waals surface area (Å²) in [6.07, 6.45) is 5.79. The molecule has 1 saturated carbocycles. The van der Waals surface area contributed by atoms with E-state index < -0.39 is 18.4 Å². The van der Waals surface area contributed by atoms with E-state index in [-0.39, 0.29) is 36.6 Å². The summed E-state index contributed by atoms with van der Waals surface area (Å²) in [6.45, 7) is 0.482. The predicted molar refractivity (Wildman–Crippen MR) is 127 cm³/mol. The van der Waals surface area contributed by atoms with Crippen LogP contribution in [0.2, 0.25) is 0 Å². The summed E-state index contributed by atoms with van der Waals surface area (Å²) >= 11 is 0. The zero-order chi connectivity index (χ0) is 23.0. The fourth-order valence-corrected chi connectivity index (χ4v) is 7.84. The molecule has 8 heteroatoms. The molecule has 6 nitrogen and oxygen atoms in total. The van der Waals surface area contributed by atoms with Crippen molar-refractivity contribution in [2.45, 2.75) is 38.1 Å². The average Bonchev–Trinajstić information content (AvgIpc) is 3.37. The molecule has 2 aromatic rings. The van der Waals surface area contributed by atoms with E-state index in [2.05, 4.69) is 10.2 Å². The molecule has 5 rings (SSSR count). The number of nitrogens with zero attached hydrogens (tertiary/aromatic N) is 3. The van der Waals surface area contributed by atoms with Gasteiger partial charge >= 0.3 is 0 Å². The summed E-state index contributed by atoms with van der Waals surface area (Å²) in [5.74, 6) is -0.687. The minimum absolute atomic E-state index is 0.132. The normalized spacial score (nSPS) is 27.5. The Labute approximate surface area is 193 Å². The zero-order valence-electron chi connectivity index (χ0n) is 18.5. The molecule has 2 heterocycles. The van der Waals surface area contributed by atoms with Crippen LogP contribution in [0.25, 0.3) is 0 Å². The van der Waals surface area contributed by atoms with Crippen molar-refractivity contribution < 1.29 is 14.0 Å². The van der Waals surface area contributed by atoms with E-state index in [0.717, 1.165) is 36.8 Å². The van der Waals surface area contributed by atoms with E-state index in [9.17, 15) is 19.2 Å². The molecule has 1 unspecified atom stereocenters. The third-order valence-corrected chi connectivity index (χ3v) is 9.66.